The van der Waals surface area contributed by atoms with Gasteiger partial charge in [-0.2, -0.15) is 0 Å². The highest BCUT2D eigenvalue weighted by Crippen LogP contribution is 2.11. The highest BCUT2D eigenvalue weighted by Gasteiger charge is 2.24. The number of thiocarbonyl (C=S) groups is 1. The van der Waals surface area contributed by atoms with E-state index in [9.17, 15) is 8.42 Å². The van der Waals surface area contributed by atoms with Gasteiger partial charge in [0, 0.05) is 19.7 Å². The van der Waals surface area contributed by atoms with Crippen LogP contribution < -0.4 is 10.6 Å². The Morgan fingerprint density at radius 2 is 2.31 bits per heavy atom. The molecule has 2 N–H and O–H groups in total. The zero-order chi connectivity index (χ0) is 12.0. The number of nitrogens with one attached hydrogen (secondary N) is 2. The molecule has 0 radical (unpaired) electrons. The Balaban J connectivity index is 2.28. The summed E-state index contributed by atoms with van der Waals surface area (Å²) in [5, 5.41) is 6.48. The smallest absolute Gasteiger partial charge is 0.166 e. The van der Waals surface area contributed by atoms with E-state index in [-0.39, 0.29) is 11.8 Å². The molecular formula is C9H18N2O3S2. The molecule has 0 aromatic carbocycles. The summed E-state index contributed by atoms with van der Waals surface area (Å²) in [5.74, 6) is 0.480. The molecule has 0 aromatic rings. The van der Waals surface area contributed by atoms with Gasteiger partial charge in [-0.05, 0) is 25.1 Å². The largest absolute Gasteiger partial charge is 0.383 e. The Morgan fingerprint density at radius 1 is 1.56 bits per heavy atom. The van der Waals surface area contributed by atoms with Crippen LogP contribution in [0.2, 0.25) is 0 Å². The van der Waals surface area contributed by atoms with Gasteiger partial charge in [0.15, 0.2) is 14.9 Å². The van der Waals surface area contributed by atoms with Gasteiger partial charge in [-0.25, -0.2) is 8.42 Å². The second kappa shape index (κ2) is 6.36. The zero-order valence-corrected chi connectivity index (χ0v) is 11.0. The standard InChI is InChI=1S/C9H18N2O3S2/c1-14-5-4-10-9(15)11-8-3-2-6-16(12,13)7-8/h8H,2-7H2,1H3,(H2,10,11,15). The lowest BCUT2D eigenvalue weighted by molar-refractivity contribution is 0.204. The van der Waals surface area contributed by atoms with Crippen LogP contribution in [0.4, 0.5) is 0 Å². The number of ether oxygens (including phenoxy) is 1. The summed E-state index contributed by atoms with van der Waals surface area (Å²) in [6.07, 6.45) is 1.56. The van der Waals surface area contributed by atoms with Crippen LogP contribution in [0, 0.1) is 0 Å². The summed E-state index contributed by atoms with van der Waals surface area (Å²) < 4.78 is 27.6. The van der Waals surface area contributed by atoms with Crippen molar-refractivity contribution in [2.45, 2.75) is 18.9 Å². The summed E-state index contributed by atoms with van der Waals surface area (Å²) in [7, 11) is -1.26. The van der Waals surface area contributed by atoms with Crippen LogP contribution >= 0.6 is 12.2 Å². The molecule has 1 saturated heterocycles. The van der Waals surface area contributed by atoms with Crippen molar-refractivity contribution in [2.24, 2.45) is 0 Å². The number of methoxy groups -OCH3 is 1. The normalized spacial score (nSPS) is 23.7. The minimum Gasteiger partial charge on any atom is -0.383 e. The zero-order valence-electron chi connectivity index (χ0n) is 9.36. The second-order valence-corrected chi connectivity index (χ2v) is 6.48. The fourth-order valence-electron chi connectivity index (χ4n) is 1.64. The summed E-state index contributed by atoms with van der Waals surface area (Å²) in [6.45, 7) is 1.20. The van der Waals surface area contributed by atoms with E-state index < -0.39 is 9.84 Å². The molecule has 0 amide bonds. The summed E-state index contributed by atoms with van der Waals surface area (Å²) >= 11 is 5.05. The predicted octanol–water partition coefficient (Wildman–Crippen LogP) is -0.326. The molecular weight excluding hydrogens is 248 g/mol. The third kappa shape index (κ3) is 5.09. The number of rotatable bonds is 4. The predicted molar refractivity (Wildman–Crippen MR) is 67.3 cm³/mol. The quantitative estimate of drug-likeness (QED) is 0.537. The fraction of sp³-hybridized carbons (Fsp3) is 0.889. The van der Waals surface area contributed by atoms with Crippen LogP contribution in [0.3, 0.4) is 0 Å². The van der Waals surface area contributed by atoms with Gasteiger partial charge in [-0.1, -0.05) is 0 Å². The molecule has 1 fully saturated rings. The van der Waals surface area contributed by atoms with Crippen LogP contribution in [-0.4, -0.2) is 51.3 Å². The molecule has 1 aliphatic rings. The Kier molecular flexibility index (Phi) is 5.43. The van der Waals surface area contributed by atoms with Gasteiger partial charge in [0.2, 0.25) is 0 Å². The lowest BCUT2D eigenvalue weighted by atomic mass is 10.2. The molecule has 94 valence electrons. The van der Waals surface area contributed by atoms with E-state index >= 15 is 0 Å². The maximum atomic E-state index is 11.4. The highest BCUT2D eigenvalue weighted by atomic mass is 32.2. The third-order valence-electron chi connectivity index (χ3n) is 2.39. The van der Waals surface area contributed by atoms with E-state index in [2.05, 4.69) is 10.6 Å². The molecule has 16 heavy (non-hydrogen) atoms. The lowest BCUT2D eigenvalue weighted by Crippen LogP contribution is -2.47. The van der Waals surface area contributed by atoms with Crippen LogP contribution in [-0.2, 0) is 14.6 Å². The first-order valence-corrected chi connectivity index (χ1v) is 7.50. The monoisotopic (exact) mass is 266 g/mol. The van der Waals surface area contributed by atoms with Crippen molar-refractivity contribution in [1.82, 2.24) is 10.6 Å². The van der Waals surface area contributed by atoms with Crippen molar-refractivity contribution in [3.63, 3.8) is 0 Å². The first kappa shape index (κ1) is 13.7. The molecule has 0 spiro atoms. The fourth-order valence-corrected chi connectivity index (χ4v) is 3.54. The average Bonchev–Trinajstić information content (AvgIpc) is 2.16. The molecule has 0 aliphatic carbocycles. The van der Waals surface area contributed by atoms with Gasteiger partial charge in [-0.3, -0.25) is 0 Å². The topological polar surface area (TPSA) is 67.4 Å². The van der Waals surface area contributed by atoms with Gasteiger partial charge in [0.1, 0.15) is 0 Å². The summed E-state index contributed by atoms with van der Waals surface area (Å²) in [6, 6.07) is -0.0544. The van der Waals surface area contributed by atoms with Crippen molar-refractivity contribution in [1.29, 1.82) is 0 Å². The van der Waals surface area contributed by atoms with E-state index in [1.54, 1.807) is 7.11 Å². The van der Waals surface area contributed by atoms with Crippen LogP contribution in [0.1, 0.15) is 12.8 Å². The summed E-state index contributed by atoms with van der Waals surface area (Å²) in [4.78, 5) is 0. The number of sulfone groups is 1. The van der Waals surface area contributed by atoms with E-state index in [1.807, 2.05) is 0 Å². The Hall–Kier alpha value is -0.400. The van der Waals surface area contributed by atoms with Gasteiger partial charge in [-0.15, -0.1) is 0 Å². The Bertz CT molecular complexity index is 330. The molecule has 1 unspecified atom stereocenters. The average molecular weight is 266 g/mol. The first-order chi connectivity index (χ1) is 7.53. The molecule has 0 bridgehead atoms. The highest BCUT2D eigenvalue weighted by molar-refractivity contribution is 7.91. The van der Waals surface area contributed by atoms with E-state index in [4.69, 9.17) is 17.0 Å². The first-order valence-electron chi connectivity index (χ1n) is 5.27. The van der Waals surface area contributed by atoms with E-state index in [0.29, 0.717) is 30.4 Å². The van der Waals surface area contributed by atoms with Crippen molar-refractivity contribution < 1.29 is 13.2 Å². The minimum absolute atomic E-state index is 0.0544. The SMILES string of the molecule is COCCNC(=S)NC1CCCS(=O)(=O)C1. The number of hydrogen-bond acceptors (Lipinski definition) is 4. The molecule has 0 saturated carbocycles. The minimum atomic E-state index is -2.88. The van der Waals surface area contributed by atoms with Crippen LogP contribution in [0.15, 0.2) is 0 Å². The molecule has 1 heterocycles. The molecule has 1 rings (SSSR count). The Labute approximate surface area is 102 Å². The van der Waals surface area contributed by atoms with Gasteiger partial charge >= 0.3 is 0 Å². The lowest BCUT2D eigenvalue weighted by Gasteiger charge is -2.24. The maximum Gasteiger partial charge on any atom is 0.166 e. The second-order valence-electron chi connectivity index (χ2n) is 3.85. The van der Waals surface area contributed by atoms with Crippen LogP contribution in [0.5, 0.6) is 0 Å². The molecule has 5 nitrogen and oxygen atoms in total. The molecule has 0 aromatic heterocycles. The number of hydrogen-bond donors (Lipinski definition) is 2. The van der Waals surface area contributed by atoms with E-state index in [1.165, 1.54) is 0 Å². The molecule has 1 atom stereocenters. The summed E-state index contributed by atoms with van der Waals surface area (Å²) in [5.41, 5.74) is 0. The third-order valence-corrected chi connectivity index (χ3v) is 4.47. The van der Waals surface area contributed by atoms with Crippen LogP contribution in [0.25, 0.3) is 0 Å². The Morgan fingerprint density at radius 3 is 2.94 bits per heavy atom. The van der Waals surface area contributed by atoms with Gasteiger partial charge in [0.25, 0.3) is 0 Å². The van der Waals surface area contributed by atoms with Crippen molar-refractivity contribution in [3.8, 4) is 0 Å². The van der Waals surface area contributed by atoms with Crippen molar-refractivity contribution in [3.05, 3.63) is 0 Å². The maximum absolute atomic E-state index is 11.4. The molecule has 7 heteroatoms. The molecule has 1 aliphatic heterocycles. The van der Waals surface area contributed by atoms with Gasteiger partial charge in [0.05, 0.1) is 18.1 Å². The van der Waals surface area contributed by atoms with E-state index in [0.717, 1.165) is 6.42 Å². The van der Waals surface area contributed by atoms with Crippen molar-refractivity contribution in [2.75, 3.05) is 31.8 Å². The van der Waals surface area contributed by atoms with Crippen molar-refractivity contribution >= 4 is 27.2 Å². The van der Waals surface area contributed by atoms with Gasteiger partial charge < -0.3 is 15.4 Å².